The van der Waals surface area contributed by atoms with Crippen molar-refractivity contribution >= 4 is 28.2 Å². The Labute approximate surface area is 161 Å². The Morgan fingerprint density at radius 3 is 2.59 bits per heavy atom. The first-order valence-corrected chi connectivity index (χ1v) is 8.86. The van der Waals surface area contributed by atoms with Gasteiger partial charge in [-0.25, -0.2) is 0 Å². The molecule has 1 aliphatic heterocycles. The highest BCUT2D eigenvalue weighted by molar-refractivity contribution is 6.31. The van der Waals surface area contributed by atoms with E-state index in [9.17, 15) is 0 Å². The maximum Gasteiger partial charge on any atom is 0.191 e. The molecular formula is C21H18ClN3O2. The molecule has 0 saturated heterocycles. The van der Waals surface area contributed by atoms with Gasteiger partial charge in [-0.2, -0.15) is 0 Å². The van der Waals surface area contributed by atoms with E-state index in [1.807, 2.05) is 60.7 Å². The minimum absolute atomic E-state index is 0.0530. The van der Waals surface area contributed by atoms with Gasteiger partial charge in [0.15, 0.2) is 5.88 Å². The monoisotopic (exact) mass is 379 g/mol. The number of nitrogens with zero attached hydrogens (tertiary/aromatic N) is 1. The molecule has 136 valence electrons. The molecule has 0 aromatic heterocycles. The normalized spacial score (nSPS) is 16.9. The molecule has 0 radical (unpaired) electrons. The summed E-state index contributed by atoms with van der Waals surface area (Å²) in [6, 6.07) is 19.6. The van der Waals surface area contributed by atoms with E-state index < -0.39 is 0 Å². The minimum Gasteiger partial charge on any atom is -0.441 e. The summed E-state index contributed by atoms with van der Waals surface area (Å²) >= 11 is 6.54. The quantitative estimate of drug-likeness (QED) is 0.273. The van der Waals surface area contributed by atoms with Crippen LogP contribution in [0.2, 0.25) is 5.02 Å². The third kappa shape index (κ3) is 2.96. The van der Waals surface area contributed by atoms with Gasteiger partial charge in [-0.15, -0.1) is 0 Å². The summed E-state index contributed by atoms with van der Waals surface area (Å²) in [6.45, 7) is 0. The first-order valence-electron chi connectivity index (χ1n) is 8.49. The molecule has 0 aliphatic carbocycles. The molecule has 5 nitrogen and oxygen atoms in total. The number of halogens is 1. The van der Waals surface area contributed by atoms with Crippen LogP contribution in [-0.4, -0.2) is 11.0 Å². The summed E-state index contributed by atoms with van der Waals surface area (Å²) in [5, 5.41) is 14.9. The number of hydrogen-bond acceptors (Lipinski definition) is 4. The molecule has 1 unspecified atom stereocenters. The second-order valence-electron chi connectivity index (χ2n) is 6.41. The zero-order valence-electron chi connectivity index (χ0n) is 14.4. The lowest BCUT2D eigenvalue weighted by molar-refractivity contribution is 0.317. The molecule has 1 aliphatic rings. The Morgan fingerprint density at radius 2 is 1.81 bits per heavy atom. The van der Waals surface area contributed by atoms with Crippen molar-refractivity contribution in [2.45, 2.75) is 12.3 Å². The predicted molar refractivity (Wildman–Crippen MR) is 107 cm³/mol. The fourth-order valence-electron chi connectivity index (χ4n) is 3.63. The third-order valence-corrected chi connectivity index (χ3v) is 5.16. The van der Waals surface area contributed by atoms with Crippen molar-refractivity contribution in [3.05, 3.63) is 88.3 Å². The van der Waals surface area contributed by atoms with Crippen LogP contribution in [0.15, 0.2) is 77.3 Å². The van der Waals surface area contributed by atoms with Crippen LogP contribution < -0.4 is 16.2 Å². The molecule has 3 aromatic carbocycles. The van der Waals surface area contributed by atoms with Crippen LogP contribution in [0.1, 0.15) is 23.5 Å². The summed E-state index contributed by atoms with van der Waals surface area (Å²) in [4.78, 5) is 0. The molecule has 4 rings (SSSR count). The van der Waals surface area contributed by atoms with Gasteiger partial charge in [-0.1, -0.05) is 65.3 Å². The van der Waals surface area contributed by atoms with Crippen molar-refractivity contribution < 1.29 is 9.94 Å². The van der Waals surface area contributed by atoms with E-state index in [4.69, 9.17) is 33.0 Å². The second kappa shape index (κ2) is 6.85. The summed E-state index contributed by atoms with van der Waals surface area (Å²) in [7, 11) is 0. The van der Waals surface area contributed by atoms with Gasteiger partial charge in [0.1, 0.15) is 11.6 Å². The van der Waals surface area contributed by atoms with Gasteiger partial charge in [-0.3, -0.25) is 0 Å². The Hall–Kier alpha value is -3.18. The molecule has 3 aromatic rings. The lowest BCUT2D eigenvalue weighted by Crippen LogP contribution is -2.25. The van der Waals surface area contributed by atoms with E-state index in [0.717, 1.165) is 21.9 Å². The van der Waals surface area contributed by atoms with E-state index in [1.165, 1.54) is 0 Å². The van der Waals surface area contributed by atoms with E-state index in [2.05, 4.69) is 5.16 Å². The molecule has 5 N–H and O–H groups in total. The van der Waals surface area contributed by atoms with Crippen molar-refractivity contribution in [3.8, 4) is 5.75 Å². The molecular weight excluding hydrogens is 362 g/mol. The van der Waals surface area contributed by atoms with Gasteiger partial charge < -0.3 is 21.4 Å². The Morgan fingerprint density at radius 1 is 1.07 bits per heavy atom. The highest BCUT2D eigenvalue weighted by Gasteiger charge is 2.33. The largest absolute Gasteiger partial charge is 0.441 e. The highest BCUT2D eigenvalue weighted by Crippen LogP contribution is 2.48. The van der Waals surface area contributed by atoms with E-state index in [-0.39, 0.29) is 24.1 Å². The molecule has 0 saturated carbocycles. The molecule has 0 fully saturated rings. The fourth-order valence-corrected chi connectivity index (χ4v) is 3.88. The first kappa shape index (κ1) is 17.2. The van der Waals surface area contributed by atoms with E-state index in [1.54, 1.807) is 0 Å². The summed E-state index contributed by atoms with van der Waals surface area (Å²) in [5.74, 6) is 0.708. The topological polar surface area (TPSA) is 93.9 Å². The van der Waals surface area contributed by atoms with Crippen LogP contribution in [0, 0.1) is 0 Å². The number of nitrogens with two attached hydrogens (primary N) is 2. The zero-order chi connectivity index (χ0) is 19.0. The number of fused-ring (bicyclic) bond motifs is 3. The highest BCUT2D eigenvalue weighted by atomic mass is 35.5. The van der Waals surface area contributed by atoms with Crippen molar-refractivity contribution in [1.82, 2.24) is 0 Å². The van der Waals surface area contributed by atoms with E-state index >= 15 is 0 Å². The maximum atomic E-state index is 9.06. The van der Waals surface area contributed by atoms with E-state index in [0.29, 0.717) is 16.3 Å². The van der Waals surface area contributed by atoms with Crippen LogP contribution >= 0.6 is 11.6 Å². The molecule has 1 heterocycles. The van der Waals surface area contributed by atoms with Crippen LogP contribution in [0.5, 0.6) is 5.75 Å². The smallest absolute Gasteiger partial charge is 0.191 e. The predicted octanol–water partition coefficient (Wildman–Crippen LogP) is 4.32. The molecule has 0 bridgehead atoms. The standard InChI is InChI=1S/C21H18ClN3O2/c22-16-8-4-3-7-14(16)19-15(11-18(23)25-26)21(24)27-17-10-9-12-5-1-2-6-13(12)20(17)19/h1-10,19,26H,11,24H2,(H2,23,25). The second-order valence-corrected chi connectivity index (χ2v) is 6.82. The van der Waals surface area contributed by atoms with Gasteiger partial charge in [-0.05, 0) is 28.5 Å². The summed E-state index contributed by atoms with van der Waals surface area (Å²) < 4.78 is 5.91. The molecule has 6 heteroatoms. The molecule has 1 atom stereocenters. The average Bonchev–Trinajstić information content (AvgIpc) is 2.69. The van der Waals surface area contributed by atoms with Crippen molar-refractivity contribution in [1.29, 1.82) is 0 Å². The van der Waals surface area contributed by atoms with Gasteiger partial charge in [0.05, 0.1) is 0 Å². The van der Waals surface area contributed by atoms with Gasteiger partial charge in [0.25, 0.3) is 0 Å². The van der Waals surface area contributed by atoms with Crippen LogP contribution in [0.25, 0.3) is 10.8 Å². The number of rotatable bonds is 3. The van der Waals surface area contributed by atoms with Crippen molar-refractivity contribution in [2.75, 3.05) is 0 Å². The van der Waals surface area contributed by atoms with Crippen molar-refractivity contribution in [2.24, 2.45) is 16.6 Å². The number of hydrogen-bond donors (Lipinski definition) is 3. The number of benzene rings is 3. The van der Waals surface area contributed by atoms with Gasteiger partial charge >= 0.3 is 0 Å². The Kier molecular flexibility index (Phi) is 4.38. The maximum absolute atomic E-state index is 9.06. The zero-order valence-corrected chi connectivity index (χ0v) is 15.1. The number of ether oxygens (including phenoxy) is 1. The Bertz CT molecular complexity index is 1090. The average molecular weight is 380 g/mol. The van der Waals surface area contributed by atoms with Gasteiger partial charge in [0.2, 0.25) is 0 Å². The van der Waals surface area contributed by atoms with Crippen molar-refractivity contribution in [3.63, 3.8) is 0 Å². The molecule has 0 spiro atoms. The summed E-state index contributed by atoms with van der Waals surface area (Å²) in [6.07, 6.45) is 0.168. The van der Waals surface area contributed by atoms with Crippen LogP contribution in [-0.2, 0) is 0 Å². The number of amidine groups is 1. The summed E-state index contributed by atoms with van der Waals surface area (Å²) in [5.41, 5.74) is 14.6. The van der Waals surface area contributed by atoms with Crippen LogP contribution in [0.4, 0.5) is 0 Å². The fraction of sp³-hybridized carbons (Fsp3) is 0.0952. The SMILES string of the molecule is NC1=C(C/C(N)=N\O)C(c2ccccc2Cl)c2c(ccc3ccccc23)O1. The van der Waals surface area contributed by atoms with Crippen LogP contribution in [0.3, 0.4) is 0 Å². The number of oxime groups is 1. The molecule has 27 heavy (non-hydrogen) atoms. The molecule has 0 amide bonds. The lowest BCUT2D eigenvalue weighted by Gasteiger charge is -2.31. The lowest BCUT2D eigenvalue weighted by atomic mass is 9.79. The van der Waals surface area contributed by atoms with Gasteiger partial charge in [0, 0.05) is 28.5 Å². The Balaban J connectivity index is 2.03. The first-order chi connectivity index (χ1) is 13.1. The third-order valence-electron chi connectivity index (χ3n) is 4.82. The minimum atomic E-state index is -0.270.